The first-order valence-electron chi connectivity index (χ1n) is 15.6. The van der Waals surface area contributed by atoms with Crippen LogP contribution in [-0.2, 0) is 14.0 Å². The molecule has 0 radical (unpaired) electrons. The zero-order valence-corrected chi connectivity index (χ0v) is 30.2. The summed E-state index contributed by atoms with van der Waals surface area (Å²) in [4.78, 5) is 30.5. The molecule has 1 aromatic heterocycles. The number of allylic oxidation sites excluding steroid dienone is 4. The van der Waals surface area contributed by atoms with Gasteiger partial charge in [0.25, 0.3) is 0 Å². The number of aromatic nitrogens is 1. The molecule has 5 nitrogen and oxygen atoms in total. The van der Waals surface area contributed by atoms with Crippen LogP contribution in [0.25, 0.3) is 6.08 Å². The van der Waals surface area contributed by atoms with Crippen molar-refractivity contribution < 1.29 is 19.1 Å². The molecule has 0 bridgehead atoms. The first kappa shape index (κ1) is 38.2. The topological polar surface area (TPSA) is 76.5 Å². The zero-order valence-electron chi connectivity index (χ0n) is 28.4. The molecule has 0 saturated carbocycles. The van der Waals surface area contributed by atoms with E-state index < -0.39 is 25.8 Å². The van der Waals surface area contributed by atoms with Gasteiger partial charge in [-0.05, 0) is 95.8 Å². The van der Waals surface area contributed by atoms with Crippen molar-refractivity contribution in [3.05, 3.63) is 46.0 Å². The summed E-state index contributed by atoms with van der Waals surface area (Å²) in [7, 11) is -2.31. The van der Waals surface area contributed by atoms with Gasteiger partial charge in [-0.1, -0.05) is 71.3 Å². The van der Waals surface area contributed by atoms with Crippen molar-refractivity contribution in [1.82, 2.24) is 4.98 Å². The molecule has 0 aliphatic heterocycles. The molecule has 7 heteroatoms. The Hall–Kier alpha value is -1.83. The third kappa shape index (κ3) is 13.2. The number of aryl methyl sites for hydroxylation is 1. The molecule has 0 aliphatic carbocycles. The summed E-state index contributed by atoms with van der Waals surface area (Å²) in [5.41, 5.74) is 3.02. The van der Waals surface area contributed by atoms with Gasteiger partial charge in [-0.25, -0.2) is 9.78 Å². The first-order valence-corrected chi connectivity index (χ1v) is 19.4. The summed E-state index contributed by atoms with van der Waals surface area (Å²) in [5, 5.41) is 13.1. The lowest BCUT2D eigenvalue weighted by Crippen LogP contribution is -2.48. The molecule has 0 spiro atoms. The number of rotatable bonds is 19. The fourth-order valence-electron chi connectivity index (χ4n) is 5.09. The summed E-state index contributed by atoms with van der Waals surface area (Å²) in [6.45, 7) is 26.7. The number of ketones is 1. The summed E-state index contributed by atoms with van der Waals surface area (Å²) in [5.74, 6) is -0.638. The van der Waals surface area contributed by atoms with Gasteiger partial charge in [-0.2, -0.15) is 0 Å². The molecule has 1 rings (SSSR count). The van der Waals surface area contributed by atoms with Crippen molar-refractivity contribution >= 4 is 37.5 Å². The van der Waals surface area contributed by atoms with Crippen molar-refractivity contribution in [3.63, 3.8) is 0 Å². The average molecular weight is 618 g/mol. The van der Waals surface area contributed by atoms with Crippen LogP contribution in [0, 0.1) is 24.2 Å². The maximum atomic E-state index is 13.8. The molecule has 1 aromatic rings. The molecule has 1 N–H and O–H groups in total. The minimum atomic E-state index is -2.31. The molecule has 0 aliphatic rings. The number of aliphatic carboxylic acids is 1. The van der Waals surface area contributed by atoms with Crippen LogP contribution < -0.4 is 0 Å². The molecule has 3 unspecified atom stereocenters. The van der Waals surface area contributed by atoms with E-state index in [-0.39, 0.29) is 23.2 Å². The van der Waals surface area contributed by atoms with Crippen molar-refractivity contribution in [2.24, 2.45) is 17.3 Å². The Kier molecular flexibility index (Phi) is 15.3. The van der Waals surface area contributed by atoms with E-state index in [1.165, 1.54) is 11.1 Å². The number of thiazole rings is 1. The van der Waals surface area contributed by atoms with Gasteiger partial charge in [-0.15, -0.1) is 17.9 Å². The summed E-state index contributed by atoms with van der Waals surface area (Å²) in [6, 6.07) is 0. The van der Waals surface area contributed by atoms with Crippen molar-refractivity contribution in [3.8, 4) is 0 Å². The minimum absolute atomic E-state index is 0.111. The normalized spacial score (nSPS) is 15.8. The Morgan fingerprint density at radius 1 is 1.14 bits per heavy atom. The van der Waals surface area contributed by atoms with Gasteiger partial charge in [0.15, 0.2) is 8.32 Å². The van der Waals surface area contributed by atoms with Crippen LogP contribution in [0.3, 0.4) is 0 Å². The molecule has 1 heterocycles. The Balaban J connectivity index is 2.68. The highest BCUT2D eigenvalue weighted by molar-refractivity contribution is 7.09. The van der Waals surface area contributed by atoms with Gasteiger partial charge >= 0.3 is 5.97 Å². The van der Waals surface area contributed by atoms with Crippen LogP contribution in [0.1, 0.15) is 117 Å². The van der Waals surface area contributed by atoms with Crippen molar-refractivity contribution in [2.45, 2.75) is 138 Å². The van der Waals surface area contributed by atoms with Crippen LogP contribution in [0.5, 0.6) is 0 Å². The largest absolute Gasteiger partial charge is 0.479 e. The molecular weight excluding hydrogens is 559 g/mol. The number of nitrogens with zero attached hydrogens (tertiary/aromatic N) is 1. The highest BCUT2D eigenvalue weighted by atomic mass is 32.1. The van der Waals surface area contributed by atoms with Gasteiger partial charge in [-0.3, -0.25) is 4.79 Å². The maximum Gasteiger partial charge on any atom is 0.331 e. The summed E-state index contributed by atoms with van der Waals surface area (Å²) >= 11 is 1.68. The second-order valence-corrected chi connectivity index (χ2v) is 20.3. The molecule has 0 amide bonds. The predicted molar refractivity (Wildman–Crippen MR) is 183 cm³/mol. The van der Waals surface area contributed by atoms with Gasteiger partial charge < -0.3 is 9.53 Å². The minimum Gasteiger partial charge on any atom is -0.479 e. The van der Waals surface area contributed by atoms with E-state index in [0.29, 0.717) is 12.3 Å². The van der Waals surface area contributed by atoms with E-state index in [2.05, 4.69) is 83.7 Å². The Labute approximate surface area is 262 Å². The van der Waals surface area contributed by atoms with E-state index in [4.69, 9.17) is 4.43 Å². The molecule has 0 fully saturated rings. The smallest absolute Gasteiger partial charge is 0.331 e. The zero-order chi connectivity index (χ0) is 32.3. The van der Waals surface area contributed by atoms with E-state index >= 15 is 0 Å². The van der Waals surface area contributed by atoms with Crippen LogP contribution >= 0.6 is 11.3 Å². The molecular formula is C35H59NO4SSi. The van der Waals surface area contributed by atoms with Crippen LogP contribution in [0.4, 0.5) is 0 Å². The highest BCUT2D eigenvalue weighted by Crippen LogP contribution is 2.40. The van der Waals surface area contributed by atoms with E-state index in [0.717, 1.165) is 49.2 Å². The standard InChI is InChI=1S/C35H59NO4SSi/c1-13-16-29(32(37)35(9,10)23-31(33(38)39)40-42(11,12)34(6,7)8)21-26(3)19-14-17-25(2)18-15-20-27(4)22-30-24-41-28(5)36-30/h13,18,22,24,26,29,31H,1,14-17,19-21,23H2,2-12H3,(H,38,39). The monoisotopic (exact) mass is 617 g/mol. The second kappa shape index (κ2) is 16.9. The van der Waals surface area contributed by atoms with E-state index in [1.807, 2.05) is 26.8 Å². The number of Topliss-reactive ketones (excluding diaryl/α,β-unsaturated/α-hetero) is 1. The lowest BCUT2D eigenvalue weighted by molar-refractivity contribution is -0.148. The molecule has 0 saturated heterocycles. The number of hydrogen-bond acceptors (Lipinski definition) is 5. The third-order valence-corrected chi connectivity index (χ3v) is 14.0. The van der Waals surface area contributed by atoms with Crippen LogP contribution in [0.2, 0.25) is 18.1 Å². The SMILES string of the molecule is C=CCC(CC(C)CCCC(C)=CCCC(C)=Cc1csc(C)n1)C(=O)C(C)(C)CC(O[Si](C)(C)C(C)(C)C)C(=O)O. The van der Waals surface area contributed by atoms with Gasteiger partial charge in [0.2, 0.25) is 0 Å². The Morgan fingerprint density at radius 2 is 1.79 bits per heavy atom. The number of carbonyl (C=O) groups excluding carboxylic acids is 1. The lowest BCUT2D eigenvalue weighted by atomic mass is 9.73. The first-order chi connectivity index (χ1) is 19.3. The molecule has 238 valence electrons. The van der Waals surface area contributed by atoms with Crippen molar-refractivity contribution in [1.29, 1.82) is 0 Å². The summed E-state index contributed by atoms with van der Waals surface area (Å²) < 4.78 is 6.27. The molecule has 0 aromatic carbocycles. The molecule has 3 atom stereocenters. The van der Waals surface area contributed by atoms with Crippen LogP contribution in [0.15, 0.2) is 35.3 Å². The maximum absolute atomic E-state index is 13.8. The Bertz CT molecular complexity index is 1090. The van der Waals surface area contributed by atoms with Gasteiger partial charge in [0.1, 0.15) is 11.9 Å². The van der Waals surface area contributed by atoms with Crippen LogP contribution in [-0.4, -0.2) is 36.3 Å². The highest BCUT2D eigenvalue weighted by Gasteiger charge is 2.44. The van der Waals surface area contributed by atoms with E-state index in [1.54, 1.807) is 11.3 Å². The number of carbonyl (C=O) groups is 2. The number of carboxylic acids is 1. The summed E-state index contributed by atoms with van der Waals surface area (Å²) in [6.07, 6.45) is 12.2. The fourth-order valence-corrected chi connectivity index (χ4v) is 6.91. The predicted octanol–water partition coefficient (Wildman–Crippen LogP) is 10.4. The van der Waals surface area contributed by atoms with Crippen molar-refractivity contribution in [2.75, 3.05) is 0 Å². The average Bonchev–Trinajstić information content (AvgIpc) is 3.25. The van der Waals surface area contributed by atoms with Gasteiger partial charge in [0, 0.05) is 16.7 Å². The molecule has 42 heavy (non-hydrogen) atoms. The number of hydrogen-bond donors (Lipinski definition) is 1. The third-order valence-electron chi connectivity index (χ3n) is 8.72. The van der Waals surface area contributed by atoms with Gasteiger partial charge in [0.05, 0.1) is 10.7 Å². The fraction of sp³-hybridized carbons (Fsp3) is 0.686. The second-order valence-electron chi connectivity index (χ2n) is 14.5. The van der Waals surface area contributed by atoms with E-state index in [9.17, 15) is 14.7 Å². The quantitative estimate of drug-likeness (QED) is 0.123. The lowest BCUT2D eigenvalue weighted by Gasteiger charge is -2.40. The number of carboxylic acid groups (broad SMARTS) is 1. The Morgan fingerprint density at radius 3 is 2.31 bits per heavy atom.